The monoisotopic (exact) mass is 492 g/mol. The van der Waals surface area contributed by atoms with Crippen molar-refractivity contribution in [1.29, 1.82) is 0 Å². The number of carbonyl (C=O) groups excluding carboxylic acids is 1. The van der Waals surface area contributed by atoms with Crippen molar-refractivity contribution in [2.45, 2.75) is 26.3 Å². The Morgan fingerprint density at radius 2 is 1.75 bits per heavy atom. The third-order valence-corrected chi connectivity index (χ3v) is 6.75. The molecule has 0 bridgehead atoms. The van der Waals surface area contributed by atoms with E-state index >= 15 is 0 Å². The van der Waals surface area contributed by atoms with Crippen molar-refractivity contribution in [3.63, 3.8) is 0 Å². The van der Waals surface area contributed by atoms with Gasteiger partial charge in [-0.1, -0.05) is 38.1 Å². The van der Waals surface area contributed by atoms with Gasteiger partial charge in [0.05, 0.1) is 7.11 Å². The molecule has 0 saturated carbocycles. The van der Waals surface area contributed by atoms with E-state index in [2.05, 4.69) is 30.9 Å². The number of hydrogen-bond donors (Lipinski definition) is 0. The fourth-order valence-corrected chi connectivity index (χ4v) is 5.16. The van der Waals surface area contributed by atoms with Gasteiger partial charge in [-0.3, -0.25) is 9.69 Å². The number of ether oxygens (including phenoxy) is 1. The lowest BCUT2D eigenvalue weighted by molar-refractivity contribution is 0.0703. The van der Waals surface area contributed by atoms with E-state index < -0.39 is 0 Å². The fourth-order valence-electron chi connectivity index (χ4n) is 5.16. The number of halogens is 2. The third kappa shape index (κ3) is 6.49. The quantitative estimate of drug-likeness (QED) is 0.368. The van der Waals surface area contributed by atoms with Crippen LogP contribution in [0.15, 0.2) is 72.8 Å². The summed E-state index contributed by atoms with van der Waals surface area (Å²) >= 11 is 0. The number of amides is 1. The van der Waals surface area contributed by atoms with Gasteiger partial charge in [-0.05, 0) is 71.5 Å². The zero-order valence-electron chi connectivity index (χ0n) is 21.2. The number of nitrogens with zero attached hydrogens (tertiary/aromatic N) is 2. The molecule has 0 aliphatic carbocycles. The normalized spacial score (nSPS) is 17.9. The summed E-state index contributed by atoms with van der Waals surface area (Å²) in [4.78, 5) is 17.7. The molecule has 0 unspecified atom stereocenters. The molecule has 0 radical (unpaired) electrons. The van der Waals surface area contributed by atoms with Crippen molar-refractivity contribution in [3.8, 4) is 5.75 Å². The highest BCUT2D eigenvalue weighted by molar-refractivity contribution is 5.94. The van der Waals surface area contributed by atoms with Gasteiger partial charge in [-0.2, -0.15) is 0 Å². The van der Waals surface area contributed by atoms with E-state index in [4.69, 9.17) is 4.74 Å². The smallest absolute Gasteiger partial charge is 0.253 e. The summed E-state index contributed by atoms with van der Waals surface area (Å²) in [5.74, 6) is 0.768. The molecular formula is C30H34F2N2O2. The first-order valence-electron chi connectivity index (χ1n) is 12.5. The van der Waals surface area contributed by atoms with Gasteiger partial charge in [-0.25, -0.2) is 8.78 Å². The standard InChI is InChI=1S/C30H34F2N2O2/c1-21(2)16-34(30(35)23-10-12-26(31)13-11-23)19-25-18-33(17-22-6-4-8-27(32)14-22)20-29(25)24-7-5-9-28(15-24)36-3/h4-15,21,25,29H,16-20H2,1-3H3/t25-,29+/m1/s1. The number of hydrogen-bond acceptors (Lipinski definition) is 3. The van der Waals surface area contributed by atoms with Crippen LogP contribution in [0.5, 0.6) is 5.75 Å². The first-order chi connectivity index (χ1) is 17.3. The Kier molecular flexibility index (Phi) is 8.36. The molecule has 4 nitrogen and oxygen atoms in total. The molecule has 1 aliphatic heterocycles. The third-order valence-electron chi connectivity index (χ3n) is 6.75. The van der Waals surface area contributed by atoms with E-state index in [1.807, 2.05) is 23.1 Å². The minimum atomic E-state index is -0.358. The van der Waals surface area contributed by atoms with E-state index in [9.17, 15) is 13.6 Å². The zero-order valence-corrected chi connectivity index (χ0v) is 21.2. The Balaban J connectivity index is 1.60. The summed E-state index contributed by atoms with van der Waals surface area (Å²) in [7, 11) is 1.66. The highest BCUT2D eigenvalue weighted by atomic mass is 19.1. The van der Waals surface area contributed by atoms with Crippen LogP contribution < -0.4 is 4.74 Å². The Hall–Kier alpha value is -3.25. The molecule has 0 N–H and O–H groups in total. The van der Waals surface area contributed by atoms with Crippen LogP contribution in [0.3, 0.4) is 0 Å². The molecule has 1 saturated heterocycles. The van der Waals surface area contributed by atoms with Crippen molar-refractivity contribution in [2.24, 2.45) is 11.8 Å². The molecular weight excluding hydrogens is 458 g/mol. The molecule has 190 valence electrons. The number of rotatable bonds is 9. The topological polar surface area (TPSA) is 32.8 Å². The Bertz CT molecular complexity index is 1170. The number of carbonyl (C=O) groups is 1. The van der Waals surface area contributed by atoms with Crippen molar-refractivity contribution < 1.29 is 18.3 Å². The molecule has 1 heterocycles. The average Bonchev–Trinajstić information content (AvgIpc) is 3.25. The van der Waals surface area contributed by atoms with E-state index in [1.54, 1.807) is 31.4 Å². The van der Waals surface area contributed by atoms with Crippen molar-refractivity contribution in [3.05, 3.63) is 101 Å². The summed E-state index contributed by atoms with van der Waals surface area (Å²) < 4.78 is 32.8. The number of benzene rings is 3. The molecule has 0 spiro atoms. The van der Waals surface area contributed by atoms with Crippen LogP contribution in [0.25, 0.3) is 0 Å². The molecule has 1 amide bonds. The van der Waals surface area contributed by atoms with Crippen molar-refractivity contribution in [1.82, 2.24) is 9.80 Å². The Morgan fingerprint density at radius 3 is 2.44 bits per heavy atom. The summed E-state index contributed by atoms with van der Waals surface area (Å²) in [5.41, 5.74) is 2.59. The van der Waals surface area contributed by atoms with E-state index in [0.717, 1.165) is 24.4 Å². The molecule has 6 heteroatoms. The summed E-state index contributed by atoms with van der Waals surface area (Å²) in [5, 5.41) is 0. The lowest BCUT2D eigenvalue weighted by atomic mass is 9.88. The van der Waals surface area contributed by atoms with E-state index in [0.29, 0.717) is 25.2 Å². The summed E-state index contributed by atoms with van der Waals surface area (Å²) in [6.45, 7) is 7.60. The first-order valence-corrected chi connectivity index (χ1v) is 12.5. The second-order valence-corrected chi connectivity index (χ2v) is 10.1. The fraction of sp³-hybridized carbons (Fsp3) is 0.367. The predicted octanol–water partition coefficient (Wildman–Crippen LogP) is 5.99. The molecule has 2 atom stereocenters. The van der Waals surface area contributed by atoms with Crippen LogP contribution in [0, 0.1) is 23.5 Å². The van der Waals surface area contributed by atoms with Gasteiger partial charge in [0.15, 0.2) is 0 Å². The van der Waals surface area contributed by atoms with Gasteiger partial charge < -0.3 is 9.64 Å². The molecule has 4 rings (SSSR count). The second-order valence-electron chi connectivity index (χ2n) is 10.1. The minimum Gasteiger partial charge on any atom is -0.497 e. The first kappa shape index (κ1) is 25.8. The van der Waals surface area contributed by atoms with Gasteiger partial charge in [0.2, 0.25) is 0 Å². The Labute approximate surface area is 212 Å². The molecule has 0 aromatic heterocycles. The lowest BCUT2D eigenvalue weighted by Crippen LogP contribution is -2.39. The van der Waals surface area contributed by atoms with Gasteiger partial charge in [0.1, 0.15) is 17.4 Å². The summed E-state index contributed by atoms with van der Waals surface area (Å²) in [6.07, 6.45) is 0. The van der Waals surface area contributed by atoms with Gasteiger partial charge >= 0.3 is 0 Å². The van der Waals surface area contributed by atoms with Crippen LogP contribution in [-0.2, 0) is 6.54 Å². The average molecular weight is 493 g/mol. The summed E-state index contributed by atoms with van der Waals surface area (Å²) in [6, 6.07) is 20.6. The highest BCUT2D eigenvalue weighted by Crippen LogP contribution is 2.36. The van der Waals surface area contributed by atoms with Crippen LogP contribution in [-0.4, -0.2) is 49.0 Å². The lowest BCUT2D eigenvalue weighted by Gasteiger charge is -2.30. The molecule has 1 fully saturated rings. The molecule has 3 aromatic carbocycles. The molecule has 1 aliphatic rings. The van der Waals surface area contributed by atoms with Gasteiger partial charge in [0, 0.05) is 44.2 Å². The van der Waals surface area contributed by atoms with Crippen LogP contribution in [0.4, 0.5) is 8.78 Å². The maximum Gasteiger partial charge on any atom is 0.253 e. The Morgan fingerprint density at radius 1 is 1.00 bits per heavy atom. The van der Waals surface area contributed by atoms with E-state index in [1.165, 1.54) is 23.8 Å². The van der Waals surface area contributed by atoms with Crippen molar-refractivity contribution in [2.75, 3.05) is 33.3 Å². The van der Waals surface area contributed by atoms with Gasteiger partial charge in [-0.15, -0.1) is 0 Å². The van der Waals surface area contributed by atoms with E-state index in [-0.39, 0.29) is 35.3 Å². The predicted molar refractivity (Wildman–Crippen MR) is 138 cm³/mol. The number of methoxy groups -OCH3 is 1. The minimum absolute atomic E-state index is 0.0864. The van der Waals surface area contributed by atoms with Crippen molar-refractivity contribution >= 4 is 5.91 Å². The maximum absolute atomic E-state index is 13.8. The molecule has 36 heavy (non-hydrogen) atoms. The van der Waals surface area contributed by atoms with Crippen LogP contribution in [0.2, 0.25) is 0 Å². The molecule has 3 aromatic rings. The largest absolute Gasteiger partial charge is 0.497 e. The second kappa shape index (κ2) is 11.7. The highest BCUT2D eigenvalue weighted by Gasteiger charge is 2.36. The maximum atomic E-state index is 13.8. The van der Waals surface area contributed by atoms with Gasteiger partial charge in [0.25, 0.3) is 5.91 Å². The SMILES string of the molecule is COc1cccc([C@@H]2CN(Cc3cccc(F)c3)C[C@@H]2CN(CC(C)C)C(=O)c2ccc(F)cc2)c1. The zero-order chi connectivity index (χ0) is 25.7. The van der Waals surface area contributed by atoms with Crippen LogP contribution >= 0.6 is 0 Å². The number of likely N-dealkylation sites (tertiary alicyclic amines) is 1. The van der Waals surface area contributed by atoms with Crippen LogP contribution in [0.1, 0.15) is 41.3 Å².